The van der Waals surface area contributed by atoms with E-state index in [0.717, 1.165) is 5.56 Å². The first kappa shape index (κ1) is 19.3. The zero-order valence-corrected chi connectivity index (χ0v) is 16.2. The number of Topliss-reactive ketones (excluding diaryl/α,β-unsaturated/α-hetero) is 1. The molecule has 2 aromatic heterocycles. The molecule has 5 nitrogen and oxygen atoms in total. The van der Waals surface area contributed by atoms with Gasteiger partial charge in [-0.05, 0) is 40.1 Å². The highest BCUT2D eigenvalue weighted by Gasteiger charge is 2.21. The van der Waals surface area contributed by atoms with Crippen molar-refractivity contribution in [3.63, 3.8) is 0 Å². The minimum absolute atomic E-state index is 0.0632. The van der Waals surface area contributed by atoms with E-state index in [0.29, 0.717) is 32.4 Å². The number of ketones is 1. The summed E-state index contributed by atoms with van der Waals surface area (Å²) in [5, 5.41) is 13.5. The van der Waals surface area contributed by atoms with Gasteiger partial charge in [0, 0.05) is 16.3 Å². The lowest BCUT2D eigenvalue weighted by Gasteiger charge is -2.06. The van der Waals surface area contributed by atoms with Crippen LogP contribution in [0.25, 0.3) is 10.4 Å². The van der Waals surface area contributed by atoms with Gasteiger partial charge in [-0.15, -0.1) is 22.7 Å². The van der Waals surface area contributed by atoms with Crippen LogP contribution in [0.4, 0.5) is 0 Å². The molecule has 3 aromatic rings. The third-order valence-electron chi connectivity index (χ3n) is 3.73. The Kier molecular flexibility index (Phi) is 6.05. The average Bonchev–Trinajstić information content (AvgIpc) is 3.27. The molecule has 0 saturated heterocycles. The molecular weight excluding hydrogens is 408 g/mol. The molecular formula is C19H13ClO5S2. The molecule has 0 spiro atoms. The molecule has 0 saturated carbocycles. The van der Waals surface area contributed by atoms with Crippen molar-refractivity contribution in [3.8, 4) is 16.2 Å². The Morgan fingerprint density at radius 2 is 1.89 bits per heavy atom. The molecule has 0 amide bonds. The van der Waals surface area contributed by atoms with Crippen molar-refractivity contribution in [2.75, 3.05) is 6.61 Å². The lowest BCUT2D eigenvalue weighted by Crippen LogP contribution is -2.15. The summed E-state index contributed by atoms with van der Waals surface area (Å²) < 4.78 is 5.38. The second kappa shape index (κ2) is 8.47. The number of carbonyl (C=O) groups excluding carboxylic acids is 2. The van der Waals surface area contributed by atoms with E-state index in [9.17, 15) is 19.5 Å². The summed E-state index contributed by atoms with van der Waals surface area (Å²) in [5.41, 5.74) is 1.28. The molecule has 0 aliphatic rings. The summed E-state index contributed by atoms with van der Waals surface area (Å²) in [7, 11) is 0. The van der Waals surface area contributed by atoms with Gasteiger partial charge < -0.3 is 9.84 Å². The number of halogens is 1. The maximum atomic E-state index is 12.3. The van der Waals surface area contributed by atoms with Crippen molar-refractivity contribution >= 4 is 52.3 Å². The van der Waals surface area contributed by atoms with Crippen LogP contribution in [0.3, 0.4) is 0 Å². The summed E-state index contributed by atoms with van der Waals surface area (Å²) in [4.78, 5) is 35.9. The minimum Gasteiger partial charge on any atom is -0.484 e. The summed E-state index contributed by atoms with van der Waals surface area (Å²) in [5.74, 6) is -1.01. The van der Waals surface area contributed by atoms with Crippen LogP contribution >= 0.6 is 34.3 Å². The number of carbonyl (C=O) groups is 3. The fourth-order valence-corrected chi connectivity index (χ4v) is 4.34. The number of rotatable bonds is 8. The first-order valence-corrected chi connectivity index (χ1v) is 9.90. The zero-order valence-electron chi connectivity index (χ0n) is 13.8. The molecule has 8 heteroatoms. The number of thiophene rings is 2. The topological polar surface area (TPSA) is 80.7 Å². The molecule has 27 heavy (non-hydrogen) atoms. The van der Waals surface area contributed by atoms with Crippen molar-refractivity contribution < 1.29 is 24.2 Å². The van der Waals surface area contributed by atoms with Crippen molar-refractivity contribution in [1.29, 1.82) is 0 Å². The van der Waals surface area contributed by atoms with Gasteiger partial charge in [-0.3, -0.25) is 9.59 Å². The lowest BCUT2D eigenvalue weighted by atomic mass is 10.0. The van der Waals surface area contributed by atoms with Gasteiger partial charge in [0.2, 0.25) is 0 Å². The Hall–Kier alpha value is -2.48. The fourth-order valence-electron chi connectivity index (χ4n) is 2.51. The third kappa shape index (κ3) is 4.44. The SMILES string of the molecule is O=Cc1sccc1OCC(=O)Cc1csc(-c2ccc(Cl)cc2)c1C(=O)O. The molecule has 0 atom stereocenters. The smallest absolute Gasteiger partial charge is 0.337 e. The minimum atomic E-state index is -1.09. The molecule has 1 aromatic carbocycles. The van der Waals surface area contributed by atoms with Crippen molar-refractivity contribution in [2.45, 2.75) is 6.42 Å². The van der Waals surface area contributed by atoms with Crippen LogP contribution in [0.2, 0.25) is 5.02 Å². The molecule has 0 bridgehead atoms. The van der Waals surface area contributed by atoms with Crippen molar-refractivity contribution in [2.24, 2.45) is 0 Å². The predicted octanol–water partition coefficient (Wildman–Crippen LogP) is 4.83. The molecule has 3 rings (SSSR count). The molecule has 0 radical (unpaired) electrons. The molecule has 2 heterocycles. The lowest BCUT2D eigenvalue weighted by molar-refractivity contribution is -0.120. The Balaban J connectivity index is 1.76. The highest BCUT2D eigenvalue weighted by atomic mass is 35.5. The number of ether oxygens (including phenoxy) is 1. The Bertz CT molecular complexity index is 988. The van der Waals surface area contributed by atoms with Gasteiger partial charge >= 0.3 is 5.97 Å². The summed E-state index contributed by atoms with van der Waals surface area (Å²) in [6, 6.07) is 8.48. The number of aldehydes is 1. The Morgan fingerprint density at radius 3 is 2.56 bits per heavy atom. The molecule has 1 N–H and O–H groups in total. The number of hydrogen-bond acceptors (Lipinski definition) is 6. The molecule has 138 valence electrons. The Labute approximate surface area is 167 Å². The summed E-state index contributed by atoms with van der Waals surface area (Å²) in [6.07, 6.45) is 0.608. The third-order valence-corrected chi connectivity index (χ3v) is 5.88. The van der Waals surface area contributed by atoms with Gasteiger partial charge in [0.15, 0.2) is 12.1 Å². The summed E-state index contributed by atoms with van der Waals surface area (Å²) >= 11 is 8.37. The van der Waals surface area contributed by atoms with Gasteiger partial charge in [0.05, 0.1) is 5.56 Å². The van der Waals surface area contributed by atoms with Crippen LogP contribution in [-0.4, -0.2) is 29.8 Å². The van der Waals surface area contributed by atoms with Gasteiger partial charge in [0.1, 0.15) is 17.2 Å². The van der Waals surface area contributed by atoms with Crippen molar-refractivity contribution in [1.82, 2.24) is 0 Å². The van der Waals surface area contributed by atoms with E-state index in [1.807, 2.05) is 0 Å². The Morgan fingerprint density at radius 1 is 1.15 bits per heavy atom. The van der Waals surface area contributed by atoms with E-state index < -0.39 is 5.97 Å². The second-order valence-corrected chi connectivity index (χ2v) is 7.81. The first-order valence-electron chi connectivity index (χ1n) is 7.76. The highest BCUT2D eigenvalue weighted by molar-refractivity contribution is 7.14. The van der Waals surface area contributed by atoms with Gasteiger partial charge in [-0.25, -0.2) is 4.79 Å². The zero-order chi connectivity index (χ0) is 19.4. The van der Waals surface area contributed by atoms with E-state index in [2.05, 4.69) is 0 Å². The van der Waals surface area contributed by atoms with Gasteiger partial charge in [-0.1, -0.05) is 23.7 Å². The van der Waals surface area contributed by atoms with Crippen LogP contribution in [0.1, 0.15) is 25.6 Å². The van der Waals surface area contributed by atoms with Crippen LogP contribution in [0.5, 0.6) is 5.75 Å². The van der Waals surface area contributed by atoms with Gasteiger partial charge in [-0.2, -0.15) is 0 Å². The van der Waals surface area contributed by atoms with E-state index in [1.54, 1.807) is 41.1 Å². The second-order valence-electron chi connectivity index (χ2n) is 5.55. The highest BCUT2D eigenvalue weighted by Crippen LogP contribution is 2.34. The van der Waals surface area contributed by atoms with E-state index >= 15 is 0 Å². The number of benzene rings is 1. The number of hydrogen-bond donors (Lipinski definition) is 1. The normalized spacial score (nSPS) is 10.6. The maximum absolute atomic E-state index is 12.3. The van der Waals surface area contributed by atoms with E-state index in [1.165, 1.54) is 22.7 Å². The molecule has 0 aliphatic carbocycles. The quantitative estimate of drug-likeness (QED) is 0.528. The molecule has 0 fully saturated rings. The first-order chi connectivity index (χ1) is 13.0. The van der Waals surface area contributed by atoms with Crippen LogP contribution in [-0.2, 0) is 11.2 Å². The van der Waals surface area contributed by atoms with E-state index in [4.69, 9.17) is 16.3 Å². The largest absolute Gasteiger partial charge is 0.484 e. The molecule has 0 unspecified atom stereocenters. The monoisotopic (exact) mass is 420 g/mol. The van der Waals surface area contributed by atoms with Crippen LogP contribution in [0, 0.1) is 0 Å². The number of carboxylic acid groups (broad SMARTS) is 1. The average molecular weight is 421 g/mol. The van der Waals surface area contributed by atoms with Crippen molar-refractivity contribution in [3.05, 3.63) is 62.1 Å². The maximum Gasteiger partial charge on any atom is 0.337 e. The summed E-state index contributed by atoms with van der Waals surface area (Å²) in [6.45, 7) is -0.233. The van der Waals surface area contributed by atoms with Gasteiger partial charge in [0.25, 0.3) is 0 Å². The number of aromatic carboxylic acids is 1. The number of carboxylic acids is 1. The molecule has 0 aliphatic heterocycles. The fraction of sp³-hybridized carbons (Fsp3) is 0.105. The predicted molar refractivity (Wildman–Crippen MR) is 106 cm³/mol. The van der Waals surface area contributed by atoms with Crippen LogP contribution < -0.4 is 4.74 Å². The van der Waals surface area contributed by atoms with Crippen LogP contribution in [0.15, 0.2) is 41.1 Å². The van der Waals surface area contributed by atoms with E-state index in [-0.39, 0.29) is 24.4 Å². The standard InChI is InChI=1S/C19H13ClO5S2/c20-13-3-1-11(2-4-13)18-17(19(23)24)12(10-27-18)7-14(22)9-25-15-5-6-26-16(15)8-21/h1-6,8,10H,7,9H2,(H,23,24).